The minimum absolute atomic E-state index is 0.302. The summed E-state index contributed by atoms with van der Waals surface area (Å²) in [5.41, 5.74) is 8.81. The van der Waals surface area contributed by atoms with E-state index in [0.29, 0.717) is 22.8 Å². The molecule has 0 saturated carbocycles. The Bertz CT molecular complexity index is 1030. The van der Waals surface area contributed by atoms with E-state index in [9.17, 15) is 4.39 Å². The van der Waals surface area contributed by atoms with Crippen molar-refractivity contribution in [1.82, 2.24) is 15.0 Å². The number of nitrogens with zero attached hydrogens (tertiary/aromatic N) is 3. The highest BCUT2D eigenvalue weighted by molar-refractivity contribution is 5.93. The van der Waals surface area contributed by atoms with Crippen LogP contribution >= 0.6 is 0 Å². The van der Waals surface area contributed by atoms with Gasteiger partial charge < -0.3 is 11.1 Å². The monoisotopic (exact) mass is 331 g/mol. The predicted octanol–water partition coefficient (Wildman–Crippen LogP) is 4.16. The zero-order chi connectivity index (χ0) is 17.2. The number of halogens is 1. The fraction of sp³-hybridized carbons (Fsp3) is 0. The third-order valence-corrected chi connectivity index (χ3v) is 3.77. The number of benzene rings is 2. The van der Waals surface area contributed by atoms with Crippen LogP contribution in [-0.2, 0) is 0 Å². The van der Waals surface area contributed by atoms with Gasteiger partial charge in [0.1, 0.15) is 11.6 Å². The van der Waals surface area contributed by atoms with E-state index in [4.69, 9.17) is 5.73 Å². The molecule has 4 aromatic rings. The highest BCUT2D eigenvalue weighted by Gasteiger charge is 2.10. The van der Waals surface area contributed by atoms with E-state index >= 15 is 0 Å². The fourth-order valence-corrected chi connectivity index (χ4v) is 2.54. The normalized spacial score (nSPS) is 10.8. The third kappa shape index (κ3) is 3.10. The standard InChI is InChI=1S/C19H14FN5/c20-13-3-1-12(2-4-13)18-24-17-11-14(21)5-6-16(17)19(25-18)23-15-7-9-22-10-8-15/h1-11H,21H2,(H,22,23,24,25). The second kappa shape index (κ2) is 6.16. The van der Waals surface area contributed by atoms with Crippen LogP contribution in [0.5, 0.6) is 0 Å². The summed E-state index contributed by atoms with van der Waals surface area (Å²) in [5, 5.41) is 4.13. The number of nitrogens with two attached hydrogens (primary N) is 1. The highest BCUT2D eigenvalue weighted by Crippen LogP contribution is 2.28. The lowest BCUT2D eigenvalue weighted by molar-refractivity contribution is 0.628. The molecule has 2 aromatic heterocycles. The van der Waals surface area contributed by atoms with Crippen LogP contribution in [0.2, 0.25) is 0 Å². The summed E-state index contributed by atoms with van der Waals surface area (Å²) in [6, 6.07) is 15.3. The van der Waals surface area contributed by atoms with Gasteiger partial charge in [0.25, 0.3) is 0 Å². The molecule has 0 unspecified atom stereocenters. The summed E-state index contributed by atoms with van der Waals surface area (Å²) in [6.07, 6.45) is 3.40. The topological polar surface area (TPSA) is 76.7 Å². The van der Waals surface area contributed by atoms with E-state index in [1.165, 1.54) is 12.1 Å². The maximum atomic E-state index is 13.2. The van der Waals surface area contributed by atoms with Crippen LogP contribution in [0.15, 0.2) is 67.0 Å². The summed E-state index contributed by atoms with van der Waals surface area (Å²) in [6.45, 7) is 0. The second-order valence-corrected chi connectivity index (χ2v) is 5.54. The highest BCUT2D eigenvalue weighted by atomic mass is 19.1. The first kappa shape index (κ1) is 15.0. The van der Waals surface area contributed by atoms with Crippen LogP contribution in [0.4, 0.5) is 21.6 Å². The Balaban J connectivity index is 1.88. The van der Waals surface area contributed by atoms with Crippen molar-refractivity contribution >= 4 is 28.1 Å². The van der Waals surface area contributed by atoms with E-state index < -0.39 is 0 Å². The predicted molar refractivity (Wildman–Crippen MR) is 96.9 cm³/mol. The van der Waals surface area contributed by atoms with E-state index in [0.717, 1.165) is 16.6 Å². The first-order valence-electron chi connectivity index (χ1n) is 7.69. The maximum Gasteiger partial charge on any atom is 0.162 e. The molecule has 0 radical (unpaired) electrons. The molecular weight excluding hydrogens is 317 g/mol. The molecule has 0 aliphatic heterocycles. The van der Waals surface area contributed by atoms with Crippen LogP contribution in [0.3, 0.4) is 0 Å². The van der Waals surface area contributed by atoms with Crippen LogP contribution in [-0.4, -0.2) is 15.0 Å². The van der Waals surface area contributed by atoms with E-state index in [2.05, 4.69) is 20.3 Å². The molecule has 0 aliphatic rings. The number of rotatable bonds is 3. The van der Waals surface area contributed by atoms with Gasteiger partial charge >= 0.3 is 0 Å². The van der Waals surface area contributed by atoms with Crippen molar-refractivity contribution in [3.63, 3.8) is 0 Å². The number of nitrogen functional groups attached to an aromatic ring is 1. The molecule has 0 amide bonds. The third-order valence-electron chi connectivity index (χ3n) is 3.77. The second-order valence-electron chi connectivity index (χ2n) is 5.54. The lowest BCUT2D eigenvalue weighted by atomic mass is 10.1. The van der Waals surface area contributed by atoms with Gasteiger partial charge in [-0.1, -0.05) is 0 Å². The Kier molecular flexibility index (Phi) is 3.70. The number of aromatic nitrogens is 3. The van der Waals surface area contributed by atoms with Gasteiger partial charge in [-0.15, -0.1) is 0 Å². The Labute approximate surface area is 143 Å². The Hall–Kier alpha value is -3.54. The van der Waals surface area contributed by atoms with Crippen molar-refractivity contribution in [1.29, 1.82) is 0 Å². The molecule has 5 nitrogen and oxygen atoms in total. The van der Waals surface area contributed by atoms with E-state index in [1.54, 1.807) is 36.7 Å². The Morgan fingerprint density at radius 3 is 2.40 bits per heavy atom. The van der Waals surface area contributed by atoms with Gasteiger partial charge in [-0.2, -0.15) is 0 Å². The van der Waals surface area contributed by atoms with E-state index in [-0.39, 0.29) is 5.82 Å². The molecule has 6 heteroatoms. The zero-order valence-corrected chi connectivity index (χ0v) is 13.1. The minimum atomic E-state index is -0.302. The van der Waals surface area contributed by atoms with Crippen molar-refractivity contribution in [2.24, 2.45) is 0 Å². The fourth-order valence-electron chi connectivity index (χ4n) is 2.54. The number of anilines is 3. The van der Waals surface area contributed by atoms with Crippen molar-refractivity contribution in [3.05, 3.63) is 72.8 Å². The average Bonchev–Trinajstić information content (AvgIpc) is 2.62. The molecule has 0 bridgehead atoms. The molecule has 25 heavy (non-hydrogen) atoms. The van der Waals surface area contributed by atoms with Gasteiger partial charge in [0.15, 0.2) is 5.82 Å². The summed E-state index contributed by atoms with van der Waals surface area (Å²) in [4.78, 5) is 13.2. The van der Waals surface area contributed by atoms with Gasteiger partial charge in [0.05, 0.1) is 5.52 Å². The van der Waals surface area contributed by atoms with Crippen molar-refractivity contribution in [3.8, 4) is 11.4 Å². The van der Waals surface area contributed by atoms with Crippen molar-refractivity contribution < 1.29 is 4.39 Å². The molecule has 4 rings (SSSR count). The quantitative estimate of drug-likeness (QED) is 0.551. The van der Waals surface area contributed by atoms with Gasteiger partial charge in [-0.25, -0.2) is 14.4 Å². The molecule has 0 spiro atoms. The molecule has 122 valence electrons. The molecule has 3 N–H and O–H groups in total. The average molecular weight is 331 g/mol. The maximum absolute atomic E-state index is 13.2. The molecule has 2 heterocycles. The molecule has 0 fully saturated rings. The molecule has 0 aliphatic carbocycles. The van der Waals surface area contributed by atoms with Gasteiger partial charge in [-0.3, -0.25) is 4.98 Å². The van der Waals surface area contributed by atoms with E-state index in [1.807, 2.05) is 18.2 Å². The first-order chi connectivity index (χ1) is 12.2. The number of fused-ring (bicyclic) bond motifs is 1. The lowest BCUT2D eigenvalue weighted by Crippen LogP contribution is -2.00. The minimum Gasteiger partial charge on any atom is -0.399 e. The van der Waals surface area contributed by atoms with Gasteiger partial charge in [-0.05, 0) is 54.6 Å². The Morgan fingerprint density at radius 2 is 1.64 bits per heavy atom. The number of hydrogen-bond acceptors (Lipinski definition) is 5. The van der Waals surface area contributed by atoms with Crippen LogP contribution in [0, 0.1) is 5.82 Å². The summed E-state index contributed by atoms with van der Waals surface area (Å²) in [7, 11) is 0. The number of hydrogen-bond donors (Lipinski definition) is 2. The van der Waals surface area contributed by atoms with Crippen LogP contribution in [0.25, 0.3) is 22.3 Å². The zero-order valence-electron chi connectivity index (χ0n) is 13.1. The largest absolute Gasteiger partial charge is 0.399 e. The van der Waals surface area contributed by atoms with Gasteiger partial charge in [0, 0.05) is 34.7 Å². The molecule has 2 aromatic carbocycles. The Morgan fingerprint density at radius 1 is 0.880 bits per heavy atom. The summed E-state index contributed by atoms with van der Waals surface area (Å²) >= 11 is 0. The smallest absolute Gasteiger partial charge is 0.162 e. The molecule has 0 saturated heterocycles. The van der Waals surface area contributed by atoms with Crippen molar-refractivity contribution in [2.75, 3.05) is 11.1 Å². The first-order valence-corrected chi connectivity index (χ1v) is 7.69. The lowest BCUT2D eigenvalue weighted by Gasteiger charge is -2.11. The summed E-state index contributed by atoms with van der Waals surface area (Å²) < 4.78 is 13.2. The van der Waals surface area contributed by atoms with Gasteiger partial charge in [0.2, 0.25) is 0 Å². The molecular formula is C19H14FN5. The number of nitrogens with one attached hydrogen (secondary N) is 1. The number of pyridine rings is 1. The SMILES string of the molecule is Nc1ccc2c(Nc3ccncc3)nc(-c3ccc(F)cc3)nc2c1. The molecule has 0 atom stereocenters. The van der Waals surface area contributed by atoms with Crippen LogP contribution in [0.1, 0.15) is 0 Å². The van der Waals surface area contributed by atoms with Crippen molar-refractivity contribution in [2.45, 2.75) is 0 Å². The van der Waals surface area contributed by atoms with Crippen LogP contribution < -0.4 is 11.1 Å². The summed E-state index contributed by atoms with van der Waals surface area (Å²) in [5.74, 6) is 0.842.